The predicted octanol–water partition coefficient (Wildman–Crippen LogP) is 4.22. The van der Waals surface area contributed by atoms with Gasteiger partial charge in [0.05, 0.1) is 6.04 Å². The SMILES string of the molecule is CC(NC(=O)[C@H](C)NC(=O)C1CCN(C(=O)[C@H](Cc2c[nH]c3ccccc23)NC(=O)OC(C)(C)C)CC1)c1ccccc1. The van der Waals surface area contributed by atoms with Gasteiger partial charge in [0.15, 0.2) is 0 Å². The Kier molecular flexibility index (Phi) is 10.1. The Morgan fingerprint density at radius 2 is 1.58 bits per heavy atom. The highest BCUT2D eigenvalue weighted by atomic mass is 16.6. The Morgan fingerprint density at radius 1 is 0.930 bits per heavy atom. The Balaban J connectivity index is 1.34. The molecule has 0 radical (unpaired) electrons. The first-order chi connectivity index (χ1) is 20.4. The average Bonchev–Trinajstić information content (AvgIpc) is 3.38. The molecule has 4 amide bonds. The van der Waals surface area contributed by atoms with Gasteiger partial charge in [0.2, 0.25) is 17.7 Å². The molecule has 4 N–H and O–H groups in total. The normalized spacial score (nSPS) is 16.2. The third-order valence-corrected chi connectivity index (χ3v) is 7.68. The van der Waals surface area contributed by atoms with E-state index in [1.165, 1.54) is 0 Å². The number of likely N-dealkylation sites (tertiary alicyclic amines) is 1. The number of ether oxygens (including phenoxy) is 1. The van der Waals surface area contributed by atoms with E-state index in [0.717, 1.165) is 22.0 Å². The third-order valence-electron chi connectivity index (χ3n) is 7.68. The van der Waals surface area contributed by atoms with E-state index in [2.05, 4.69) is 20.9 Å². The van der Waals surface area contributed by atoms with Crippen LogP contribution in [-0.2, 0) is 25.5 Å². The minimum absolute atomic E-state index is 0.186. The maximum atomic E-state index is 13.7. The molecule has 0 bridgehead atoms. The van der Waals surface area contributed by atoms with Gasteiger partial charge in [-0.2, -0.15) is 0 Å². The zero-order valence-corrected chi connectivity index (χ0v) is 25.6. The molecule has 1 unspecified atom stereocenters. The molecule has 230 valence electrons. The van der Waals surface area contributed by atoms with Crippen LogP contribution in [0.3, 0.4) is 0 Å². The highest BCUT2D eigenvalue weighted by Crippen LogP contribution is 2.23. The molecule has 1 fully saturated rings. The van der Waals surface area contributed by atoms with E-state index in [9.17, 15) is 19.2 Å². The molecule has 4 rings (SSSR count). The molecule has 2 aromatic carbocycles. The summed E-state index contributed by atoms with van der Waals surface area (Å²) in [6.07, 6.45) is 2.40. The number of aromatic nitrogens is 1. The molecular weight excluding hydrogens is 546 g/mol. The summed E-state index contributed by atoms with van der Waals surface area (Å²) in [6, 6.07) is 15.7. The standard InChI is InChI=1S/C33H43N5O5/c1-21(23-11-7-6-8-12-23)35-29(39)22(2)36-30(40)24-15-17-38(18-16-24)31(41)28(37-32(42)43-33(3,4)5)19-25-20-34-27-14-10-9-13-26(25)27/h6-14,20-22,24,28,34H,15-19H2,1-5H3,(H,35,39)(H,36,40)(H,37,42)/t21?,22-,28-/m0/s1. The highest BCUT2D eigenvalue weighted by Gasteiger charge is 2.34. The average molecular weight is 590 g/mol. The fourth-order valence-electron chi connectivity index (χ4n) is 5.31. The molecule has 0 aliphatic carbocycles. The van der Waals surface area contributed by atoms with Crippen molar-refractivity contribution in [2.24, 2.45) is 5.92 Å². The lowest BCUT2D eigenvalue weighted by atomic mass is 9.94. The minimum Gasteiger partial charge on any atom is -0.444 e. The van der Waals surface area contributed by atoms with E-state index in [1.807, 2.05) is 67.7 Å². The van der Waals surface area contributed by atoms with Crippen LogP contribution >= 0.6 is 0 Å². The summed E-state index contributed by atoms with van der Waals surface area (Å²) in [7, 11) is 0. The van der Waals surface area contributed by atoms with Crippen molar-refractivity contribution < 1.29 is 23.9 Å². The van der Waals surface area contributed by atoms with Crippen LogP contribution in [-0.4, -0.2) is 64.5 Å². The number of nitrogens with zero attached hydrogens (tertiary/aromatic N) is 1. The molecular formula is C33H43N5O5. The molecule has 0 saturated carbocycles. The first kappa shape index (κ1) is 31.6. The fourth-order valence-corrected chi connectivity index (χ4v) is 5.31. The number of H-pyrrole nitrogens is 1. The summed E-state index contributed by atoms with van der Waals surface area (Å²) in [5.41, 5.74) is 2.13. The number of piperidine rings is 1. The second-order valence-corrected chi connectivity index (χ2v) is 12.2. The minimum atomic E-state index is -0.838. The number of rotatable bonds is 9. The van der Waals surface area contributed by atoms with Gasteiger partial charge in [0, 0.05) is 42.5 Å². The summed E-state index contributed by atoms with van der Waals surface area (Å²) in [6.45, 7) is 9.61. The molecule has 43 heavy (non-hydrogen) atoms. The van der Waals surface area contributed by atoms with Gasteiger partial charge in [0.1, 0.15) is 17.7 Å². The largest absolute Gasteiger partial charge is 0.444 e. The quantitative estimate of drug-likeness (QED) is 0.297. The van der Waals surface area contributed by atoms with Crippen molar-refractivity contribution >= 4 is 34.7 Å². The lowest BCUT2D eigenvalue weighted by molar-refractivity contribution is -0.138. The number of carbonyl (C=O) groups excluding carboxylic acids is 4. The summed E-state index contributed by atoms with van der Waals surface area (Å²) in [5.74, 6) is -1.01. The molecule has 3 aromatic rings. The lowest BCUT2D eigenvalue weighted by Gasteiger charge is -2.34. The Bertz CT molecular complexity index is 1420. The van der Waals surface area contributed by atoms with Crippen molar-refractivity contribution in [2.75, 3.05) is 13.1 Å². The number of fused-ring (bicyclic) bond motifs is 1. The van der Waals surface area contributed by atoms with Crippen LogP contribution in [0.1, 0.15) is 64.6 Å². The first-order valence-corrected chi connectivity index (χ1v) is 14.9. The van der Waals surface area contributed by atoms with Gasteiger partial charge < -0.3 is 30.6 Å². The van der Waals surface area contributed by atoms with Crippen LogP contribution in [0.2, 0.25) is 0 Å². The topological polar surface area (TPSA) is 133 Å². The summed E-state index contributed by atoms with van der Waals surface area (Å²) < 4.78 is 5.45. The lowest BCUT2D eigenvalue weighted by Crippen LogP contribution is -2.54. The van der Waals surface area contributed by atoms with Crippen LogP contribution in [0.15, 0.2) is 60.8 Å². The summed E-state index contributed by atoms with van der Waals surface area (Å²) >= 11 is 0. The van der Waals surface area contributed by atoms with Crippen molar-refractivity contribution in [3.8, 4) is 0 Å². The zero-order chi connectivity index (χ0) is 31.1. The van der Waals surface area contributed by atoms with E-state index in [4.69, 9.17) is 4.74 Å². The second kappa shape index (κ2) is 13.8. The number of hydrogen-bond acceptors (Lipinski definition) is 5. The molecule has 10 nitrogen and oxygen atoms in total. The number of amides is 4. The van der Waals surface area contributed by atoms with Crippen molar-refractivity contribution in [3.63, 3.8) is 0 Å². The number of aromatic amines is 1. The number of nitrogens with one attached hydrogen (secondary N) is 4. The van der Waals surface area contributed by atoms with Crippen molar-refractivity contribution in [1.82, 2.24) is 25.8 Å². The Labute approximate surface area is 252 Å². The van der Waals surface area contributed by atoms with Crippen LogP contribution in [0.5, 0.6) is 0 Å². The van der Waals surface area contributed by atoms with Gasteiger partial charge in [-0.25, -0.2) is 4.79 Å². The fraction of sp³-hybridized carbons (Fsp3) is 0.455. The highest BCUT2D eigenvalue weighted by molar-refractivity contribution is 5.90. The van der Waals surface area contributed by atoms with E-state index in [0.29, 0.717) is 25.9 Å². The smallest absolute Gasteiger partial charge is 0.408 e. The zero-order valence-electron chi connectivity index (χ0n) is 25.6. The third kappa shape index (κ3) is 8.59. The maximum absolute atomic E-state index is 13.7. The number of carbonyl (C=O) groups is 4. The summed E-state index contributed by atoms with van der Waals surface area (Å²) in [4.78, 5) is 57.1. The molecule has 1 aromatic heterocycles. The number of alkyl carbamates (subject to hydrolysis) is 1. The van der Waals surface area contributed by atoms with Gasteiger partial charge >= 0.3 is 6.09 Å². The van der Waals surface area contributed by atoms with Gasteiger partial charge in [-0.15, -0.1) is 0 Å². The molecule has 10 heteroatoms. The number of hydrogen-bond donors (Lipinski definition) is 4. The Morgan fingerprint density at radius 3 is 2.26 bits per heavy atom. The van der Waals surface area contributed by atoms with E-state index >= 15 is 0 Å². The molecule has 1 aliphatic heterocycles. The maximum Gasteiger partial charge on any atom is 0.408 e. The first-order valence-electron chi connectivity index (χ1n) is 14.9. The van der Waals surface area contributed by atoms with Gasteiger partial charge in [-0.3, -0.25) is 14.4 Å². The monoisotopic (exact) mass is 589 g/mol. The van der Waals surface area contributed by atoms with Crippen molar-refractivity contribution in [1.29, 1.82) is 0 Å². The Hall–Kier alpha value is -4.34. The summed E-state index contributed by atoms with van der Waals surface area (Å²) in [5, 5.41) is 9.55. The van der Waals surface area contributed by atoms with Crippen LogP contribution in [0.4, 0.5) is 4.79 Å². The predicted molar refractivity (Wildman–Crippen MR) is 165 cm³/mol. The molecule has 2 heterocycles. The molecule has 1 aliphatic rings. The second-order valence-electron chi connectivity index (χ2n) is 12.2. The van der Waals surface area contributed by atoms with Gasteiger partial charge in [-0.1, -0.05) is 48.5 Å². The van der Waals surface area contributed by atoms with Gasteiger partial charge in [-0.05, 0) is 64.7 Å². The van der Waals surface area contributed by atoms with Gasteiger partial charge in [0.25, 0.3) is 0 Å². The van der Waals surface area contributed by atoms with E-state index < -0.39 is 23.8 Å². The number of para-hydroxylation sites is 1. The van der Waals surface area contributed by atoms with E-state index in [1.54, 1.807) is 32.6 Å². The molecule has 1 saturated heterocycles. The molecule has 0 spiro atoms. The van der Waals surface area contributed by atoms with Crippen molar-refractivity contribution in [3.05, 3.63) is 71.9 Å². The van der Waals surface area contributed by atoms with E-state index in [-0.39, 0.29) is 36.1 Å². The van der Waals surface area contributed by atoms with Crippen LogP contribution in [0, 0.1) is 5.92 Å². The number of benzene rings is 2. The van der Waals surface area contributed by atoms with Crippen LogP contribution < -0.4 is 16.0 Å². The molecule has 3 atom stereocenters. The van der Waals surface area contributed by atoms with Crippen molar-refractivity contribution in [2.45, 2.75) is 77.6 Å². The van der Waals surface area contributed by atoms with Crippen LogP contribution in [0.25, 0.3) is 10.9 Å².